The fourth-order valence-electron chi connectivity index (χ4n) is 0.914. The molecule has 50 valence electrons. The molecule has 1 rings (SSSR count). The normalized spacial score (nSPS) is 10.0. The minimum atomic E-state index is 0.942. The first-order valence-corrected chi connectivity index (χ1v) is 3.11. The lowest BCUT2D eigenvalue weighted by Gasteiger charge is -1.94. The first kappa shape index (κ1) is 6.20. The summed E-state index contributed by atoms with van der Waals surface area (Å²) in [6.07, 6.45) is 2.65. The number of aryl methyl sites for hydroxylation is 1. The van der Waals surface area contributed by atoms with Gasteiger partial charge in [0.15, 0.2) is 0 Å². The fraction of sp³-hybridized carbons (Fsp3) is 0.429. The molecule has 0 unspecified atom stereocenters. The highest BCUT2D eigenvalue weighted by molar-refractivity contribution is 5.19. The molecule has 2 heteroatoms. The van der Waals surface area contributed by atoms with Crippen LogP contribution in [0.25, 0.3) is 0 Å². The van der Waals surface area contributed by atoms with E-state index in [2.05, 4.69) is 6.92 Å². The highest BCUT2D eigenvalue weighted by Crippen LogP contribution is 2.07. The van der Waals surface area contributed by atoms with Crippen molar-refractivity contribution in [3.05, 3.63) is 23.5 Å². The molecule has 1 N–H and O–H groups in total. The van der Waals surface area contributed by atoms with Crippen molar-refractivity contribution in [3.63, 3.8) is 0 Å². The van der Waals surface area contributed by atoms with E-state index in [9.17, 15) is 0 Å². The highest BCUT2D eigenvalue weighted by atomic mass is 16.5. The lowest BCUT2D eigenvalue weighted by molar-refractivity contribution is 0.180. The van der Waals surface area contributed by atoms with E-state index in [0.29, 0.717) is 0 Å². The van der Waals surface area contributed by atoms with Crippen LogP contribution in [0.4, 0.5) is 0 Å². The zero-order chi connectivity index (χ0) is 6.85. The largest absolute Gasteiger partial charge is 0.429 e. The second-order valence-electron chi connectivity index (χ2n) is 2.12. The van der Waals surface area contributed by atoms with Crippen molar-refractivity contribution >= 4 is 0 Å². The molecular weight excluding hydrogens is 114 g/mol. The summed E-state index contributed by atoms with van der Waals surface area (Å²) in [6.45, 7) is 3.97. The van der Waals surface area contributed by atoms with Crippen molar-refractivity contribution in [3.8, 4) is 0 Å². The third-order valence-corrected chi connectivity index (χ3v) is 1.61. The van der Waals surface area contributed by atoms with Crippen molar-refractivity contribution in [1.29, 1.82) is 0 Å². The maximum absolute atomic E-state index is 8.99. The summed E-state index contributed by atoms with van der Waals surface area (Å²) in [5, 5.41) is 8.99. The average molecular weight is 125 g/mol. The van der Waals surface area contributed by atoms with Crippen LogP contribution < -0.4 is 0 Å². The monoisotopic (exact) mass is 125 g/mol. The van der Waals surface area contributed by atoms with E-state index in [0.717, 1.165) is 16.8 Å². The lowest BCUT2D eigenvalue weighted by atomic mass is 10.2. The Hall–Kier alpha value is -0.920. The van der Waals surface area contributed by atoms with Crippen LogP contribution in [0.3, 0.4) is 0 Å². The van der Waals surface area contributed by atoms with Crippen LogP contribution in [0.1, 0.15) is 18.2 Å². The lowest BCUT2D eigenvalue weighted by Crippen LogP contribution is -1.91. The molecule has 1 heterocycles. The predicted molar refractivity (Wildman–Crippen MR) is 35.7 cm³/mol. The van der Waals surface area contributed by atoms with Crippen molar-refractivity contribution in [2.75, 3.05) is 0 Å². The van der Waals surface area contributed by atoms with Crippen LogP contribution in [-0.2, 0) is 6.42 Å². The molecule has 0 radical (unpaired) electrons. The summed E-state index contributed by atoms with van der Waals surface area (Å²) in [6, 6.07) is 1.93. The zero-order valence-electron chi connectivity index (χ0n) is 5.76. The second-order valence-corrected chi connectivity index (χ2v) is 2.12. The van der Waals surface area contributed by atoms with E-state index >= 15 is 0 Å². The van der Waals surface area contributed by atoms with Gasteiger partial charge in [0.2, 0.25) is 0 Å². The molecule has 0 atom stereocenters. The third-order valence-electron chi connectivity index (χ3n) is 1.61. The maximum atomic E-state index is 8.99. The predicted octanol–water partition coefficient (Wildman–Crippen LogP) is 1.60. The minimum absolute atomic E-state index is 0.942. The molecule has 1 aromatic heterocycles. The molecule has 0 aliphatic rings. The van der Waals surface area contributed by atoms with Crippen LogP contribution in [0, 0.1) is 6.92 Å². The van der Waals surface area contributed by atoms with Gasteiger partial charge in [-0.15, -0.1) is 0 Å². The van der Waals surface area contributed by atoms with Crippen molar-refractivity contribution in [2.24, 2.45) is 0 Å². The molecule has 2 nitrogen and oxygen atoms in total. The van der Waals surface area contributed by atoms with Gasteiger partial charge >= 0.3 is 0 Å². The number of rotatable bonds is 1. The Morgan fingerprint density at radius 1 is 1.67 bits per heavy atom. The Kier molecular flexibility index (Phi) is 1.47. The molecular formula is C7H11NO. The molecule has 0 aliphatic carbocycles. The quantitative estimate of drug-likeness (QED) is 0.566. The molecule has 0 spiro atoms. The molecule has 0 fully saturated rings. The van der Waals surface area contributed by atoms with Crippen LogP contribution in [-0.4, -0.2) is 9.94 Å². The smallest absolute Gasteiger partial charge is 0.0567 e. The number of aromatic nitrogens is 1. The molecule has 0 aromatic carbocycles. The van der Waals surface area contributed by atoms with Gasteiger partial charge in [0.1, 0.15) is 0 Å². The minimum Gasteiger partial charge on any atom is -0.429 e. The van der Waals surface area contributed by atoms with E-state index in [-0.39, 0.29) is 0 Å². The van der Waals surface area contributed by atoms with Gasteiger partial charge in [0.05, 0.1) is 5.69 Å². The van der Waals surface area contributed by atoms with Crippen LogP contribution in [0.5, 0.6) is 0 Å². The van der Waals surface area contributed by atoms with Crippen LogP contribution in [0.2, 0.25) is 0 Å². The van der Waals surface area contributed by atoms with E-state index in [4.69, 9.17) is 5.21 Å². The first-order valence-electron chi connectivity index (χ1n) is 3.11. The first-order chi connectivity index (χ1) is 4.25. The third kappa shape index (κ3) is 0.922. The Morgan fingerprint density at radius 2 is 2.33 bits per heavy atom. The molecule has 0 bridgehead atoms. The maximum Gasteiger partial charge on any atom is 0.0567 e. The van der Waals surface area contributed by atoms with E-state index in [1.807, 2.05) is 13.0 Å². The summed E-state index contributed by atoms with van der Waals surface area (Å²) >= 11 is 0. The molecule has 0 aliphatic heterocycles. The number of hydrogen-bond acceptors (Lipinski definition) is 1. The highest BCUT2D eigenvalue weighted by Gasteiger charge is 1.98. The summed E-state index contributed by atoms with van der Waals surface area (Å²) in [4.78, 5) is 0. The second kappa shape index (κ2) is 2.13. The molecule has 9 heavy (non-hydrogen) atoms. The zero-order valence-corrected chi connectivity index (χ0v) is 5.76. The van der Waals surface area contributed by atoms with E-state index in [1.54, 1.807) is 6.20 Å². The van der Waals surface area contributed by atoms with Crippen molar-refractivity contribution < 1.29 is 5.21 Å². The Labute approximate surface area is 54.7 Å². The fourth-order valence-corrected chi connectivity index (χ4v) is 0.914. The topological polar surface area (TPSA) is 25.2 Å². The van der Waals surface area contributed by atoms with Gasteiger partial charge in [-0.1, -0.05) is 6.92 Å². The summed E-state index contributed by atoms with van der Waals surface area (Å²) in [5.41, 5.74) is 2.15. The van der Waals surface area contributed by atoms with Gasteiger partial charge in [-0.2, -0.15) is 4.73 Å². The van der Waals surface area contributed by atoms with Crippen molar-refractivity contribution in [2.45, 2.75) is 20.3 Å². The van der Waals surface area contributed by atoms with Gasteiger partial charge in [-0.25, -0.2) is 0 Å². The standard InChI is InChI=1S/C7H11NO/c1-3-7-4-5-8(9)6(7)2/h4-5,9H,3H2,1-2H3. The van der Waals surface area contributed by atoms with Crippen molar-refractivity contribution in [1.82, 2.24) is 4.73 Å². The Balaban J connectivity index is 3.04. The SMILES string of the molecule is CCc1ccn(O)c1C. The molecule has 0 amide bonds. The molecule has 1 aromatic rings. The molecule has 0 saturated carbocycles. The summed E-state index contributed by atoms with van der Waals surface area (Å²) in [5.74, 6) is 0. The van der Waals surface area contributed by atoms with E-state index in [1.165, 1.54) is 5.56 Å². The summed E-state index contributed by atoms with van der Waals surface area (Å²) < 4.78 is 1.15. The summed E-state index contributed by atoms with van der Waals surface area (Å²) in [7, 11) is 0. The molecule has 0 saturated heterocycles. The van der Waals surface area contributed by atoms with Gasteiger partial charge in [0, 0.05) is 6.20 Å². The Morgan fingerprint density at radius 3 is 2.56 bits per heavy atom. The Bertz CT molecular complexity index is 203. The van der Waals surface area contributed by atoms with Crippen LogP contribution >= 0.6 is 0 Å². The van der Waals surface area contributed by atoms with E-state index < -0.39 is 0 Å². The van der Waals surface area contributed by atoms with Gasteiger partial charge in [-0.05, 0) is 25.0 Å². The van der Waals surface area contributed by atoms with Gasteiger partial charge < -0.3 is 5.21 Å². The average Bonchev–Trinajstić information content (AvgIpc) is 2.15. The van der Waals surface area contributed by atoms with Crippen LogP contribution in [0.15, 0.2) is 12.3 Å². The number of hydrogen-bond donors (Lipinski definition) is 1. The van der Waals surface area contributed by atoms with Gasteiger partial charge in [-0.3, -0.25) is 0 Å². The number of nitrogens with zero attached hydrogens (tertiary/aromatic N) is 1. The van der Waals surface area contributed by atoms with Gasteiger partial charge in [0.25, 0.3) is 0 Å².